The van der Waals surface area contributed by atoms with Crippen LogP contribution in [0.1, 0.15) is 25.8 Å². The summed E-state index contributed by atoms with van der Waals surface area (Å²) in [6.07, 6.45) is 0.693. The van der Waals surface area contributed by atoms with Crippen molar-refractivity contribution in [3.8, 4) is 0 Å². The van der Waals surface area contributed by atoms with Crippen LogP contribution in [-0.2, 0) is 20.5 Å². The molecule has 0 saturated carbocycles. The van der Waals surface area contributed by atoms with E-state index >= 15 is 0 Å². The Hall–Kier alpha value is -1.51. The number of nitro groups is 1. The summed E-state index contributed by atoms with van der Waals surface area (Å²) in [5, 5.41) is 10.6. The molecular formula is C13H20N2O5S. The molecule has 0 heterocycles. The highest BCUT2D eigenvalue weighted by atomic mass is 32.2. The molecule has 7 nitrogen and oxygen atoms in total. The lowest BCUT2D eigenvalue weighted by molar-refractivity contribution is -0.384. The first-order valence-electron chi connectivity index (χ1n) is 6.62. The number of hydrogen-bond donors (Lipinski definition) is 1. The number of ether oxygens (including phenoxy) is 1. The summed E-state index contributed by atoms with van der Waals surface area (Å²) < 4.78 is 31.5. The predicted molar refractivity (Wildman–Crippen MR) is 79.4 cm³/mol. The molecule has 1 rings (SSSR count). The topological polar surface area (TPSA) is 98.5 Å². The quantitative estimate of drug-likeness (QED) is 0.426. The highest BCUT2D eigenvalue weighted by Crippen LogP contribution is 2.14. The lowest BCUT2D eigenvalue weighted by Crippen LogP contribution is -2.27. The number of sulfonamides is 1. The maximum Gasteiger partial charge on any atom is 0.269 e. The van der Waals surface area contributed by atoms with Crippen LogP contribution in [0.3, 0.4) is 0 Å². The number of rotatable bonds is 9. The number of nitrogens with zero attached hydrogens (tertiary/aromatic N) is 1. The maximum absolute atomic E-state index is 11.9. The van der Waals surface area contributed by atoms with Crippen LogP contribution in [-0.4, -0.2) is 32.6 Å². The van der Waals surface area contributed by atoms with Crippen molar-refractivity contribution in [2.75, 3.05) is 13.2 Å². The van der Waals surface area contributed by atoms with Gasteiger partial charge < -0.3 is 4.74 Å². The summed E-state index contributed by atoms with van der Waals surface area (Å²) in [5.74, 6) is -0.278. The highest BCUT2D eigenvalue weighted by molar-refractivity contribution is 7.88. The van der Waals surface area contributed by atoms with E-state index in [1.165, 1.54) is 18.2 Å². The molecule has 0 atom stereocenters. The molecule has 0 amide bonds. The average Bonchev–Trinajstić information content (AvgIpc) is 2.37. The van der Waals surface area contributed by atoms with Crippen LogP contribution in [0.25, 0.3) is 0 Å². The molecule has 0 aliphatic carbocycles. The van der Waals surface area contributed by atoms with E-state index in [-0.39, 0.29) is 24.1 Å². The molecule has 8 heteroatoms. The van der Waals surface area contributed by atoms with E-state index in [1.807, 2.05) is 13.8 Å². The van der Waals surface area contributed by atoms with Gasteiger partial charge in [0, 0.05) is 25.3 Å². The molecule has 21 heavy (non-hydrogen) atoms. The molecule has 0 spiro atoms. The lowest BCUT2D eigenvalue weighted by Gasteiger charge is -2.09. The van der Waals surface area contributed by atoms with Crippen LogP contribution in [0.15, 0.2) is 24.3 Å². The van der Waals surface area contributed by atoms with Gasteiger partial charge in [0.05, 0.1) is 16.8 Å². The Bertz CT molecular complexity index is 572. The number of hydrogen-bond acceptors (Lipinski definition) is 5. The van der Waals surface area contributed by atoms with Gasteiger partial charge in [-0.05, 0) is 25.8 Å². The first kappa shape index (κ1) is 17.5. The van der Waals surface area contributed by atoms with E-state index in [0.29, 0.717) is 18.6 Å². The zero-order valence-electron chi connectivity index (χ0n) is 12.1. The van der Waals surface area contributed by atoms with Gasteiger partial charge in [-0.15, -0.1) is 0 Å². The highest BCUT2D eigenvalue weighted by Gasteiger charge is 2.13. The van der Waals surface area contributed by atoms with Crippen molar-refractivity contribution in [1.29, 1.82) is 0 Å². The van der Waals surface area contributed by atoms with E-state index in [1.54, 1.807) is 6.07 Å². The fourth-order valence-electron chi connectivity index (χ4n) is 1.65. The van der Waals surface area contributed by atoms with Crippen molar-refractivity contribution in [2.24, 2.45) is 0 Å². The Morgan fingerprint density at radius 3 is 2.71 bits per heavy atom. The first-order valence-corrected chi connectivity index (χ1v) is 8.27. The summed E-state index contributed by atoms with van der Waals surface area (Å²) in [6, 6.07) is 5.61. The standard InChI is InChI=1S/C13H20N2O5S/c1-11(2)20-8-4-7-14-21(18,19)10-12-5-3-6-13(9-12)15(16)17/h3,5-6,9,11,14H,4,7-8,10H2,1-2H3. The summed E-state index contributed by atoms with van der Waals surface area (Å²) in [4.78, 5) is 10.1. The fourth-order valence-corrected chi connectivity index (χ4v) is 2.82. The van der Waals surface area contributed by atoms with Crippen LogP contribution < -0.4 is 4.72 Å². The summed E-state index contributed by atoms with van der Waals surface area (Å²) in [6.45, 7) is 4.58. The molecule has 118 valence electrons. The Kier molecular flexibility index (Phi) is 6.73. The second-order valence-electron chi connectivity index (χ2n) is 4.85. The number of non-ortho nitro benzene ring substituents is 1. The zero-order chi connectivity index (χ0) is 15.9. The van der Waals surface area contributed by atoms with Crippen molar-refractivity contribution in [3.05, 3.63) is 39.9 Å². The van der Waals surface area contributed by atoms with Crippen molar-refractivity contribution >= 4 is 15.7 Å². The monoisotopic (exact) mass is 316 g/mol. The fraction of sp³-hybridized carbons (Fsp3) is 0.538. The molecule has 0 fully saturated rings. The Labute approximate surface area is 124 Å². The van der Waals surface area contributed by atoms with E-state index < -0.39 is 14.9 Å². The number of nitrogens with one attached hydrogen (secondary N) is 1. The average molecular weight is 316 g/mol. The van der Waals surface area contributed by atoms with Crippen LogP contribution >= 0.6 is 0 Å². The smallest absolute Gasteiger partial charge is 0.269 e. The van der Waals surface area contributed by atoms with Crippen LogP contribution in [0.2, 0.25) is 0 Å². The minimum Gasteiger partial charge on any atom is -0.379 e. The van der Waals surface area contributed by atoms with Crippen molar-refractivity contribution in [2.45, 2.75) is 32.1 Å². The van der Waals surface area contributed by atoms with Crippen molar-refractivity contribution in [3.63, 3.8) is 0 Å². The van der Waals surface area contributed by atoms with Gasteiger partial charge in [-0.3, -0.25) is 10.1 Å². The SMILES string of the molecule is CC(C)OCCCNS(=O)(=O)Cc1cccc([N+](=O)[O-])c1. The predicted octanol–water partition coefficient (Wildman–Crippen LogP) is 1.83. The first-order chi connectivity index (χ1) is 9.80. The molecule has 1 aromatic carbocycles. The second-order valence-corrected chi connectivity index (χ2v) is 6.66. The van der Waals surface area contributed by atoms with Gasteiger partial charge in [-0.25, -0.2) is 13.1 Å². The molecule has 0 aromatic heterocycles. The van der Waals surface area contributed by atoms with Gasteiger partial charge in [0.25, 0.3) is 5.69 Å². The van der Waals surface area contributed by atoms with E-state index in [9.17, 15) is 18.5 Å². The van der Waals surface area contributed by atoms with Crippen LogP contribution in [0, 0.1) is 10.1 Å². The van der Waals surface area contributed by atoms with Crippen molar-refractivity contribution in [1.82, 2.24) is 4.72 Å². The Morgan fingerprint density at radius 1 is 1.38 bits per heavy atom. The van der Waals surface area contributed by atoms with Gasteiger partial charge in [0.1, 0.15) is 0 Å². The lowest BCUT2D eigenvalue weighted by atomic mass is 10.2. The zero-order valence-corrected chi connectivity index (χ0v) is 12.9. The van der Waals surface area contributed by atoms with E-state index in [2.05, 4.69) is 4.72 Å². The van der Waals surface area contributed by atoms with Gasteiger partial charge in [0.15, 0.2) is 0 Å². The van der Waals surface area contributed by atoms with E-state index in [0.717, 1.165) is 0 Å². The Morgan fingerprint density at radius 2 is 2.10 bits per heavy atom. The molecule has 0 radical (unpaired) electrons. The van der Waals surface area contributed by atoms with Crippen molar-refractivity contribution < 1.29 is 18.1 Å². The molecule has 0 bridgehead atoms. The van der Waals surface area contributed by atoms with Gasteiger partial charge >= 0.3 is 0 Å². The van der Waals surface area contributed by atoms with Gasteiger partial charge in [-0.1, -0.05) is 12.1 Å². The number of nitro benzene ring substituents is 1. The molecule has 0 aliphatic heterocycles. The minimum atomic E-state index is -3.51. The third kappa shape index (κ3) is 7.16. The van der Waals surface area contributed by atoms with Gasteiger partial charge in [0.2, 0.25) is 10.0 Å². The van der Waals surface area contributed by atoms with E-state index in [4.69, 9.17) is 4.74 Å². The molecule has 1 N–H and O–H groups in total. The minimum absolute atomic E-state index is 0.117. The largest absolute Gasteiger partial charge is 0.379 e. The second kappa shape index (κ2) is 8.06. The molecule has 0 unspecified atom stereocenters. The Balaban J connectivity index is 2.49. The molecular weight excluding hydrogens is 296 g/mol. The molecule has 0 aliphatic rings. The summed E-state index contributed by atoms with van der Waals surface area (Å²) >= 11 is 0. The third-order valence-corrected chi connectivity index (χ3v) is 3.93. The van der Waals surface area contributed by atoms with Crippen LogP contribution in [0.5, 0.6) is 0 Å². The third-order valence-electron chi connectivity index (χ3n) is 2.57. The molecule has 1 aromatic rings. The number of benzene rings is 1. The van der Waals surface area contributed by atoms with Crippen LogP contribution in [0.4, 0.5) is 5.69 Å². The van der Waals surface area contributed by atoms with Gasteiger partial charge in [-0.2, -0.15) is 0 Å². The maximum atomic E-state index is 11.9. The normalized spacial score (nSPS) is 11.8. The molecule has 0 saturated heterocycles. The summed E-state index contributed by atoms with van der Waals surface area (Å²) in [5.41, 5.74) is 0.267. The summed E-state index contributed by atoms with van der Waals surface area (Å²) in [7, 11) is -3.51.